The lowest BCUT2D eigenvalue weighted by molar-refractivity contribution is 0.958. The summed E-state index contributed by atoms with van der Waals surface area (Å²) < 4.78 is 7.30. The first-order valence-corrected chi connectivity index (χ1v) is 14.0. The fourth-order valence-electron chi connectivity index (χ4n) is 6.25. The molecular weight excluding hydrogens is 494 g/mol. The Morgan fingerprint density at radius 3 is 2.18 bits per heavy atom. The van der Waals surface area contributed by atoms with Crippen molar-refractivity contribution < 1.29 is 0 Å². The number of hydrogen-bond acceptors (Lipinski definition) is 2. The highest BCUT2D eigenvalue weighted by molar-refractivity contribution is 7.26. The van der Waals surface area contributed by atoms with Gasteiger partial charge in [0, 0.05) is 31.9 Å². The smallest absolute Gasteiger partial charge is 0.220 e. The summed E-state index contributed by atoms with van der Waals surface area (Å²) in [6, 6.07) is 45.6. The third kappa shape index (κ3) is 2.84. The van der Waals surface area contributed by atoms with Crippen LogP contribution in [0.3, 0.4) is 0 Å². The molecule has 0 N–H and O–H groups in total. The fraction of sp³-hybridized carbons (Fsp3) is 0. The Morgan fingerprint density at radius 1 is 0.513 bits per heavy atom. The number of thiophene rings is 1. The zero-order chi connectivity index (χ0) is 25.5. The topological polar surface area (TPSA) is 22.8 Å². The van der Waals surface area contributed by atoms with Crippen LogP contribution < -0.4 is 0 Å². The highest BCUT2D eigenvalue weighted by atomic mass is 32.1. The van der Waals surface area contributed by atoms with Crippen molar-refractivity contribution in [2.75, 3.05) is 0 Å². The van der Waals surface area contributed by atoms with E-state index >= 15 is 0 Å². The lowest BCUT2D eigenvalue weighted by Crippen LogP contribution is -2.05. The van der Waals surface area contributed by atoms with Crippen LogP contribution in [0.15, 0.2) is 127 Å². The average Bonchev–Trinajstić information content (AvgIpc) is 3.66. The maximum absolute atomic E-state index is 5.30. The first kappa shape index (κ1) is 21.1. The van der Waals surface area contributed by atoms with Gasteiger partial charge in [-0.1, -0.05) is 91.0 Å². The summed E-state index contributed by atoms with van der Waals surface area (Å²) in [7, 11) is 0. The molecule has 0 saturated heterocycles. The van der Waals surface area contributed by atoms with Crippen molar-refractivity contribution in [1.29, 1.82) is 0 Å². The highest BCUT2D eigenvalue weighted by Crippen LogP contribution is 2.45. The van der Waals surface area contributed by atoms with E-state index < -0.39 is 0 Å². The van der Waals surface area contributed by atoms with Gasteiger partial charge in [0.15, 0.2) is 0 Å². The molecule has 0 fully saturated rings. The number of nitrogens with zero attached hydrogens (tertiary/aromatic N) is 3. The molecule has 0 radical (unpaired) electrons. The molecule has 3 aromatic heterocycles. The summed E-state index contributed by atoms with van der Waals surface area (Å²) in [5.41, 5.74) is 5.56. The molecule has 0 aliphatic rings. The highest BCUT2D eigenvalue weighted by Gasteiger charge is 2.23. The zero-order valence-corrected chi connectivity index (χ0v) is 21.7. The maximum Gasteiger partial charge on any atom is 0.220 e. The Hall–Kier alpha value is -4.93. The third-order valence-electron chi connectivity index (χ3n) is 7.92. The predicted molar refractivity (Wildman–Crippen MR) is 166 cm³/mol. The quantitative estimate of drug-likeness (QED) is 0.225. The second kappa shape index (κ2) is 7.79. The lowest BCUT2D eigenvalue weighted by Gasteiger charge is -2.12. The molecule has 0 saturated carbocycles. The molecule has 39 heavy (non-hydrogen) atoms. The lowest BCUT2D eigenvalue weighted by atomic mass is 10.0. The predicted octanol–water partition coefficient (Wildman–Crippen LogP) is 9.64. The molecule has 182 valence electrons. The van der Waals surface area contributed by atoms with Crippen LogP contribution in [0.2, 0.25) is 0 Å². The number of para-hydroxylation sites is 3. The molecule has 0 spiro atoms. The average molecular weight is 516 g/mol. The molecule has 0 atom stereocenters. The van der Waals surface area contributed by atoms with Gasteiger partial charge in [-0.05, 0) is 47.2 Å². The Bertz CT molecular complexity index is 2390. The van der Waals surface area contributed by atoms with Crippen molar-refractivity contribution in [2.45, 2.75) is 0 Å². The summed E-state index contributed by atoms with van der Waals surface area (Å²) in [4.78, 5) is 5.30. The summed E-state index contributed by atoms with van der Waals surface area (Å²) in [5, 5.41) is 7.64. The third-order valence-corrected chi connectivity index (χ3v) is 9.11. The molecule has 3 nitrogen and oxygen atoms in total. The van der Waals surface area contributed by atoms with Crippen LogP contribution >= 0.6 is 11.3 Å². The van der Waals surface area contributed by atoms with Gasteiger partial charge in [-0.2, -0.15) is 0 Å². The number of imidazole rings is 1. The van der Waals surface area contributed by atoms with Crippen LogP contribution in [0.4, 0.5) is 0 Å². The Morgan fingerprint density at radius 2 is 1.26 bits per heavy atom. The van der Waals surface area contributed by atoms with E-state index in [-0.39, 0.29) is 0 Å². The minimum atomic E-state index is 0.905. The van der Waals surface area contributed by atoms with Crippen LogP contribution in [0.1, 0.15) is 0 Å². The fourth-order valence-corrected chi connectivity index (χ4v) is 7.49. The van der Waals surface area contributed by atoms with Crippen LogP contribution in [0.5, 0.6) is 0 Å². The van der Waals surface area contributed by atoms with Gasteiger partial charge >= 0.3 is 0 Å². The van der Waals surface area contributed by atoms with Crippen molar-refractivity contribution in [3.05, 3.63) is 127 Å². The summed E-state index contributed by atoms with van der Waals surface area (Å²) >= 11 is 1.87. The van der Waals surface area contributed by atoms with Crippen LogP contribution in [-0.4, -0.2) is 14.1 Å². The van der Waals surface area contributed by atoms with Crippen molar-refractivity contribution in [3.63, 3.8) is 0 Å². The minimum absolute atomic E-state index is 0.905. The maximum atomic E-state index is 5.30. The first-order chi connectivity index (χ1) is 19.4. The van der Waals surface area contributed by atoms with E-state index in [9.17, 15) is 0 Å². The van der Waals surface area contributed by atoms with Crippen molar-refractivity contribution in [1.82, 2.24) is 14.1 Å². The van der Waals surface area contributed by atoms with Gasteiger partial charge in [-0.15, -0.1) is 11.3 Å². The second-order valence-electron chi connectivity index (χ2n) is 10.0. The Labute approximate surface area is 227 Å². The van der Waals surface area contributed by atoms with E-state index in [0.717, 1.165) is 22.7 Å². The largest absolute Gasteiger partial charge is 0.278 e. The SMILES string of the molecule is c1ccc(-n2c(-n3c4ccc5ccccc5c4c4ccc5c6ccccc6sc5c43)nc3ccccc32)cc1. The van der Waals surface area contributed by atoms with Crippen LogP contribution in [0.25, 0.3) is 75.4 Å². The van der Waals surface area contributed by atoms with Gasteiger partial charge in [0.05, 0.1) is 26.8 Å². The van der Waals surface area contributed by atoms with Gasteiger partial charge in [0.25, 0.3) is 0 Å². The minimum Gasteiger partial charge on any atom is -0.278 e. The molecule has 0 unspecified atom stereocenters. The van der Waals surface area contributed by atoms with E-state index in [0.29, 0.717) is 0 Å². The molecular formula is C35H21N3S. The molecule has 4 heteroatoms. The summed E-state index contributed by atoms with van der Waals surface area (Å²) in [6.45, 7) is 0. The molecule has 3 heterocycles. The summed E-state index contributed by atoms with van der Waals surface area (Å²) in [6.07, 6.45) is 0. The van der Waals surface area contributed by atoms with Gasteiger partial charge < -0.3 is 0 Å². The van der Waals surface area contributed by atoms with E-state index in [4.69, 9.17) is 4.98 Å². The number of rotatable bonds is 2. The molecule has 9 aromatic rings. The van der Waals surface area contributed by atoms with Crippen LogP contribution in [-0.2, 0) is 0 Å². The molecule has 0 aliphatic carbocycles. The number of aromatic nitrogens is 3. The van der Waals surface area contributed by atoms with Gasteiger partial charge in [0.2, 0.25) is 5.95 Å². The van der Waals surface area contributed by atoms with Gasteiger partial charge in [-0.25, -0.2) is 4.98 Å². The van der Waals surface area contributed by atoms with E-state index in [2.05, 4.69) is 137 Å². The van der Waals surface area contributed by atoms with Crippen LogP contribution in [0, 0.1) is 0 Å². The number of fused-ring (bicyclic) bond motifs is 10. The molecule has 0 aliphatic heterocycles. The molecule has 9 rings (SSSR count). The zero-order valence-electron chi connectivity index (χ0n) is 20.9. The van der Waals surface area contributed by atoms with E-state index in [1.165, 1.54) is 52.8 Å². The van der Waals surface area contributed by atoms with E-state index in [1.807, 2.05) is 11.3 Å². The first-order valence-electron chi connectivity index (χ1n) is 13.2. The van der Waals surface area contributed by atoms with E-state index in [1.54, 1.807) is 0 Å². The van der Waals surface area contributed by atoms with Crippen molar-refractivity contribution >= 4 is 75.1 Å². The normalized spacial score (nSPS) is 12.1. The molecule has 0 bridgehead atoms. The Balaban J connectivity index is 1.56. The number of benzene rings is 6. The monoisotopic (exact) mass is 515 g/mol. The van der Waals surface area contributed by atoms with Crippen molar-refractivity contribution in [3.8, 4) is 11.6 Å². The van der Waals surface area contributed by atoms with Crippen molar-refractivity contribution in [2.24, 2.45) is 0 Å². The second-order valence-corrected chi connectivity index (χ2v) is 11.1. The van der Waals surface area contributed by atoms with Gasteiger partial charge in [-0.3, -0.25) is 9.13 Å². The van der Waals surface area contributed by atoms with Gasteiger partial charge in [0.1, 0.15) is 0 Å². The Kier molecular flexibility index (Phi) is 4.21. The number of hydrogen-bond donors (Lipinski definition) is 0. The standard InChI is InChI=1S/C35H21N3S/c1-2-11-23(12-3-1)37-29-16-8-7-15-28(29)36-35(37)38-30-21-18-22-10-4-5-13-24(22)32(30)27-20-19-26-25-14-6-9-17-31(25)39-34(26)33(27)38/h1-21H. The summed E-state index contributed by atoms with van der Waals surface area (Å²) in [5.74, 6) is 0.905. The molecule has 6 aromatic carbocycles. The molecule has 0 amide bonds.